The zero-order chi connectivity index (χ0) is 25.1. The first-order valence-electron chi connectivity index (χ1n) is 11.3. The Morgan fingerprint density at radius 3 is 2.51 bits per heavy atom. The molecule has 3 unspecified atom stereocenters. The number of hydrogen-bond acceptors (Lipinski definition) is 8. The summed E-state index contributed by atoms with van der Waals surface area (Å²) >= 11 is 5.72. The number of nitrogens with zero attached hydrogens (tertiary/aromatic N) is 6. The largest absolute Gasteiger partial charge is 0.424 e. The summed E-state index contributed by atoms with van der Waals surface area (Å²) in [5, 5.41) is 11.4. The van der Waals surface area contributed by atoms with E-state index in [0.29, 0.717) is 35.5 Å². The Morgan fingerprint density at radius 1 is 1.20 bits per heavy atom. The number of aryl methyl sites for hydroxylation is 1. The summed E-state index contributed by atoms with van der Waals surface area (Å²) in [6, 6.07) is 4.03. The SMILES string of the molecule is Cc1noc(N2CC3C(C)[C@@H](C2)C3Nc2nc(Oc3ccc(Cl)c(C(F)(F)F)c3)n(C(C)C)n2)n1. The lowest BCUT2D eigenvalue weighted by molar-refractivity contribution is -0.137. The van der Waals surface area contributed by atoms with E-state index in [1.54, 1.807) is 6.92 Å². The Hall–Kier alpha value is -3.02. The predicted molar refractivity (Wildman–Crippen MR) is 122 cm³/mol. The van der Waals surface area contributed by atoms with Crippen LogP contribution in [0.5, 0.6) is 11.8 Å². The third kappa shape index (κ3) is 4.39. The fourth-order valence-corrected chi connectivity index (χ4v) is 5.11. The number of piperidine rings is 2. The normalized spacial score (nSPS) is 24.0. The van der Waals surface area contributed by atoms with Crippen LogP contribution >= 0.6 is 11.6 Å². The van der Waals surface area contributed by atoms with E-state index in [1.165, 1.54) is 10.7 Å². The number of benzene rings is 1. The van der Waals surface area contributed by atoms with E-state index in [1.807, 2.05) is 13.8 Å². The molecule has 13 heteroatoms. The molecule has 2 aliphatic heterocycles. The number of halogens is 4. The highest BCUT2D eigenvalue weighted by Crippen LogP contribution is 2.47. The van der Waals surface area contributed by atoms with Crippen LogP contribution in [0.4, 0.5) is 25.1 Å². The van der Waals surface area contributed by atoms with Crippen LogP contribution in [0.2, 0.25) is 5.02 Å². The third-order valence-electron chi connectivity index (χ3n) is 6.76. The minimum Gasteiger partial charge on any atom is -0.424 e. The van der Waals surface area contributed by atoms with Crippen molar-refractivity contribution < 1.29 is 22.4 Å². The maximum absolute atomic E-state index is 13.2. The molecule has 1 aromatic carbocycles. The van der Waals surface area contributed by atoms with Crippen LogP contribution in [-0.2, 0) is 6.18 Å². The van der Waals surface area contributed by atoms with Crippen LogP contribution in [-0.4, -0.2) is 44.0 Å². The van der Waals surface area contributed by atoms with E-state index < -0.39 is 16.8 Å². The molecule has 2 saturated heterocycles. The summed E-state index contributed by atoms with van der Waals surface area (Å²) in [4.78, 5) is 10.9. The van der Waals surface area contributed by atoms with Gasteiger partial charge in [-0.15, -0.1) is 5.10 Å². The first-order valence-corrected chi connectivity index (χ1v) is 11.7. The van der Waals surface area contributed by atoms with Crippen molar-refractivity contribution in [3.05, 3.63) is 34.6 Å². The molecule has 1 saturated carbocycles. The second kappa shape index (κ2) is 8.58. The van der Waals surface area contributed by atoms with Gasteiger partial charge in [0.15, 0.2) is 5.82 Å². The molecule has 4 atom stereocenters. The van der Waals surface area contributed by atoms with Crippen LogP contribution in [0.3, 0.4) is 0 Å². The Labute approximate surface area is 204 Å². The second-order valence-electron chi connectivity index (χ2n) is 9.38. The maximum atomic E-state index is 13.2. The van der Waals surface area contributed by atoms with E-state index in [0.717, 1.165) is 25.2 Å². The van der Waals surface area contributed by atoms with Gasteiger partial charge >= 0.3 is 18.2 Å². The minimum absolute atomic E-state index is 0.0257. The number of nitrogens with one attached hydrogen (secondary N) is 1. The highest BCUT2D eigenvalue weighted by molar-refractivity contribution is 6.31. The molecule has 0 amide bonds. The van der Waals surface area contributed by atoms with E-state index >= 15 is 0 Å². The molecule has 0 spiro atoms. The van der Waals surface area contributed by atoms with Crippen molar-refractivity contribution in [1.82, 2.24) is 24.9 Å². The standard InChI is InChI=1S/C22H25ClF3N7O2/c1-10(2)33-21(34-13-5-6-17(23)16(7-13)22(24,25)26)29-19(30-33)28-18-14-8-32(9-15(18)11(14)3)20-27-12(4)31-35-20/h5-7,10-11,14-15,18H,8-9H2,1-4H3,(H,28,30)/t11?,14-,15?,18?/m1/s1. The van der Waals surface area contributed by atoms with Crippen molar-refractivity contribution in [2.24, 2.45) is 17.8 Å². The van der Waals surface area contributed by atoms with Crippen molar-refractivity contribution in [3.8, 4) is 11.8 Å². The van der Waals surface area contributed by atoms with Gasteiger partial charge in [-0.2, -0.15) is 23.1 Å². The molecule has 3 aliphatic rings. The van der Waals surface area contributed by atoms with E-state index in [2.05, 4.69) is 37.4 Å². The molecule has 6 rings (SSSR count). The molecule has 2 bridgehead atoms. The zero-order valence-corrected chi connectivity index (χ0v) is 20.3. The van der Waals surface area contributed by atoms with E-state index in [4.69, 9.17) is 20.9 Å². The van der Waals surface area contributed by atoms with Gasteiger partial charge in [0.2, 0.25) is 5.95 Å². The molecule has 3 fully saturated rings. The molecular formula is C22H25ClF3N7O2. The quantitative estimate of drug-likeness (QED) is 0.483. The molecule has 1 aliphatic carbocycles. The zero-order valence-electron chi connectivity index (χ0n) is 19.5. The Balaban J connectivity index is 1.33. The number of anilines is 2. The summed E-state index contributed by atoms with van der Waals surface area (Å²) in [5.74, 6) is 2.09. The first-order chi connectivity index (χ1) is 16.5. The Morgan fingerprint density at radius 2 is 1.91 bits per heavy atom. The number of aromatic nitrogens is 5. The summed E-state index contributed by atoms with van der Waals surface area (Å²) in [6.45, 7) is 9.30. The van der Waals surface area contributed by atoms with Gasteiger partial charge in [-0.1, -0.05) is 23.7 Å². The molecule has 4 heterocycles. The van der Waals surface area contributed by atoms with Crippen molar-refractivity contribution in [3.63, 3.8) is 0 Å². The smallest absolute Gasteiger partial charge is 0.417 e. The van der Waals surface area contributed by atoms with Crippen LogP contribution in [0.25, 0.3) is 0 Å². The van der Waals surface area contributed by atoms with Gasteiger partial charge in [-0.25, -0.2) is 4.68 Å². The van der Waals surface area contributed by atoms with Gasteiger partial charge in [-0.3, -0.25) is 0 Å². The van der Waals surface area contributed by atoms with Gasteiger partial charge in [0.05, 0.1) is 16.6 Å². The molecule has 3 aromatic rings. The fourth-order valence-electron chi connectivity index (χ4n) is 4.89. The number of fused-ring (bicyclic) bond motifs is 2. The van der Waals surface area contributed by atoms with Crippen molar-refractivity contribution >= 4 is 23.6 Å². The van der Waals surface area contributed by atoms with Gasteiger partial charge in [0.25, 0.3) is 0 Å². The molecule has 35 heavy (non-hydrogen) atoms. The lowest BCUT2D eigenvalue weighted by atomic mass is 9.58. The van der Waals surface area contributed by atoms with Crippen molar-refractivity contribution in [1.29, 1.82) is 0 Å². The highest BCUT2D eigenvalue weighted by Gasteiger charge is 2.53. The van der Waals surface area contributed by atoms with E-state index in [-0.39, 0.29) is 23.8 Å². The predicted octanol–water partition coefficient (Wildman–Crippen LogP) is 5.20. The van der Waals surface area contributed by atoms with E-state index in [9.17, 15) is 13.2 Å². The number of ether oxygens (including phenoxy) is 1. The lowest BCUT2D eigenvalue weighted by Gasteiger charge is -2.57. The first kappa shape index (κ1) is 23.7. The fraction of sp³-hybridized carbons (Fsp3) is 0.545. The summed E-state index contributed by atoms with van der Waals surface area (Å²) in [7, 11) is 0. The summed E-state index contributed by atoms with van der Waals surface area (Å²) in [6.07, 6.45) is -4.60. The summed E-state index contributed by atoms with van der Waals surface area (Å²) in [5.41, 5.74) is -0.970. The van der Waals surface area contributed by atoms with Crippen LogP contribution in [0.1, 0.15) is 38.2 Å². The van der Waals surface area contributed by atoms with Crippen LogP contribution < -0.4 is 15.0 Å². The Kier molecular flexibility index (Phi) is 5.81. The molecular weight excluding hydrogens is 487 g/mol. The highest BCUT2D eigenvalue weighted by atomic mass is 35.5. The third-order valence-corrected chi connectivity index (χ3v) is 7.09. The average molecular weight is 512 g/mol. The molecule has 9 nitrogen and oxygen atoms in total. The topological polar surface area (TPSA) is 94.1 Å². The molecule has 2 aromatic heterocycles. The van der Waals surface area contributed by atoms with Crippen molar-refractivity contribution in [2.45, 2.75) is 46.0 Å². The maximum Gasteiger partial charge on any atom is 0.417 e. The van der Waals surface area contributed by atoms with Gasteiger partial charge < -0.3 is 19.5 Å². The van der Waals surface area contributed by atoms with Crippen LogP contribution in [0, 0.1) is 24.7 Å². The molecule has 188 valence electrons. The Bertz CT molecular complexity index is 1210. The van der Waals surface area contributed by atoms with Gasteiger partial charge in [0, 0.05) is 31.0 Å². The lowest BCUT2D eigenvalue weighted by Crippen LogP contribution is -2.66. The van der Waals surface area contributed by atoms with Gasteiger partial charge in [0.1, 0.15) is 5.75 Å². The van der Waals surface area contributed by atoms with Crippen LogP contribution in [0.15, 0.2) is 22.7 Å². The average Bonchev–Trinajstić information content (AvgIpc) is 3.41. The monoisotopic (exact) mass is 511 g/mol. The second-order valence-corrected chi connectivity index (χ2v) is 9.79. The minimum atomic E-state index is -4.60. The number of hydrogen-bond donors (Lipinski definition) is 1. The van der Waals surface area contributed by atoms with Gasteiger partial charge in [-0.05, 0) is 44.9 Å². The molecule has 0 radical (unpaired) electrons. The number of alkyl halides is 3. The summed E-state index contributed by atoms with van der Waals surface area (Å²) < 4.78 is 52.3. The molecule has 1 N–H and O–H groups in total. The van der Waals surface area contributed by atoms with Crippen molar-refractivity contribution in [2.75, 3.05) is 23.3 Å². The number of rotatable bonds is 6.